The van der Waals surface area contributed by atoms with Crippen LogP contribution >= 0.6 is 0 Å². The summed E-state index contributed by atoms with van der Waals surface area (Å²) in [4.78, 5) is 0. The van der Waals surface area contributed by atoms with Crippen molar-refractivity contribution in [2.45, 2.75) is 174 Å². The van der Waals surface area contributed by atoms with E-state index < -0.39 is 5.79 Å². The third kappa shape index (κ3) is 4.14. The molecule has 0 amide bonds. The summed E-state index contributed by atoms with van der Waals surface area (Å²) in [7, 11) is 0. The molecule has 4 saturated carbocycles. The first kappa shape index (κ1) is 32.2. The molecule has 5 aliphatic heterocycles. The van der Waals surface area contributed by atoms with E-state index >= 15 is 0 Å². The van der Waals surface area contributed by atoms with Gasteiger partial charge in [0.15, 0.2) is 24.2 Å². The molecule has 5 saturated heterocycles. The lowest BCUT2D eigenvalue weighted by Gasteiger charge is -2.59. The van der Waals surface area contributed by atoms with Crippen LogP contribution in [0.4, 0.5) is 0 Å². The predicted octanol–water partition coefficient (Wildman–Crippen LogP) is 9.01. The standard InChI is InChI=1S/C42H64O6/c1-23-12-19-41(43-22-23)26(4)35-34(46-41)21-33-29-10-9-27-20-28(13-16-38(27,5)32(29)14-17-39(33,35)6)44-36-25(3)31-11-8-24(2)30-15-18-40(7)47-37(45-36)42(30,31)48-40/h9,23-26,28-37H,8,10-22H2,1-7H3/t23?,24-,25-,26+,28+,29?,30?,31?,32?,33?,34+,35+,36?,37?,38+,39+,40-,41+,42?/m1/s1. The molecule has 6 heteroatoms. The van der Waals surface area contributed by atoms with E-state index in [1.54, 1.807) is 5.57 Å². The van der Waals surface area contributed by atoms with Crippen LogP contribution in [0.15, 0.2) is 11.6 Å². The van der Waals surface area contributed by atoms with Gasteiger partial charge in [0.25, 0.3) is 0 Å². The molecule has 0 N–H and O–H groups in total. The van der Waals surface area contributed by atoms with E-state index in [1.165, 1.54) is 57.8 Å². The van der Waals surface area contributed by atoms with Gasteiger partial charge in [-0.15, -0.1) is 0 Å². The summed E-state index contributed by atoms with van der Waals surface area (Å²) < 4.78 is 41.1. The van der Waals surface area contributed by atoms with Gasteiger partial charge in [0.05, 0.1) is 18.8 Å². The van der Waals surface area contributed by atoms with Gasteiger partial charge in [-0.25, -0.2) is 0 Å². The maximum atomic E-state index is 7.06. The Hall–Kier alpha value is -0.500. The summed E-state index contributed by atoms with van der Waals surface area (Å²) >= 11 is 0. The normalized spacial score (nSPS) is 62.8. The molecule has 2 bridgehead atoms. The average Bonchev–Trinajstić information content (AvgIpc) is 3.59. The molecule has 10 rings (SSSR count). The van der Waals surface area contributed by atoms with Gasteiger partial charge < -0.3 is 28.4 Å². The SMILES string of the molecule is CC1CC[C@]2(OC1)O[C@H]1CC3C4CC=C5C[C@@H](OC6OC7O[C@@]8(C)CCC9[C@H](C)CCC([C@H]6C)C79O8)CC[C@]5(C)C4CC[C@]3(C)[C@H]1[C@@H]2C. The van der Waals surface area contributed by atoms with Gasteiger partial charge in [-0.2, -0.15) is 0 Å². The predicted molar refractivity (Wildman–Crippen MR) is 182 cm³/mol. The van der Waals surface area contributed by atoms with Crippen molar-refractivity contribution in [1.82, 2.24) is 0 Å². The highest BCUT2D eigenvalue weighted by Crippen LogP contribution is 2.71. The van der Waals surface area contributed by atoms with Gasteiger partial charge in [0.2, 0.25) is 0 Å². The zero-order valence-corrected chi connectivity index (χ0v) is 31.0. The van der Waals surface area contributed by atoms with Gasteiger partial charge >= 0.3 is 0 Å². The van der Waals surface area contributed by atoms with Gasteiger partial charge in [-0.05, 0) is 130 Å². The maximum Gasteiger partial charge on any atom is 0.193 e. The zero-order chi connectivity index (χ0) is 33.0. The van der Waals surface area contributed by atoms with Crippen molar-refractivity contribution in [2.75, 3.05) is 6.61 Å². The van der Waals surface area contributed by atoms with Crippen molar-refractivity contribution in [3.05, 3.63) is 11.6 Å². The molecule has 0 aromatic rings. The molecular weight excluding hydrogens is 600 g/mol. The fourth-order valence-electron chi connectivity index (χ4n) is 15.2. The Balaban J connectivity index is 0.846. The summed E-state index contributed by atoms with van der Waals surface area (Å²) in [6.07, 6.45) is 18.3. The van der Waals surface area contributed by atoms with Crippen LogP contribution in [0.5, 0.6) is 0 Å². The van der Waals surface area contributed by atoms with Crippen LogP contribution < -0.4 is 0 Å². The second kappa shape index (κ2) is 10.6. The number of hydrogen-bond donors (Lipinski definition) is 0. The molecule has 10 aliphatic rings. The molecule has 6 nitrogen and oxygen atoms in total. The smallest absolute Gasteiger partial charge is 0.193 e. The van der Waals surface area contributed by atoms with E-state index in [-0.39, 0.29) is 30.1 Å². The van der Waals surface area contributed by atoms with Crippen molar-refractivity contribution < 1.29 is 28.4 Å². The lowest BCUT2D eigenvalue weighted by atomic mass is 9.47. The molecule has 2 spiro atoms. The third-order valence-corrected chi connectivity index (χ3v) is 17.8. The molecule has 19 atom stereocenters. The fraction of sp³-hybridized carbons (Fsp3) is 0.952. The van der Waals surface area contributed by atoms with E-state index in [9.17, 15) is 0 Å². The lowest BCUT2D eigenvalue weighted by Crippen LogP contribution is -2.66. The largest absolute Gasteiger partial charge is 0.349 e. The monoisotopic (exact) mass is 664 g/mol. The first-order valence-electron chi connectivity index (χ1n) is 20.6. The van der Waals surface area contributed by atoms with Crippen LogP contribution in [0.3, 0.4) is 0 Å². The molecule has 9 unspecified atom stereocenters. The van der Waals surface area contributed by atoms with Gasteiger partial charge in [-0.1, -0.05) is 53.2 Å². The molecule has 5 heterocycles. The molecule has 5 aliphatic carbocycles. The van der Waals surface area contributed by atoms with Gasteiger partial charge in [0.1, 0.15) is 5.60 Å². The van der Waals surface area contributed by atoms with Crippen LogP contribution in [-0.2, 0) is 28.4 Å². The van der Waals surface area contributed by atoms with Gasteiger partial charge in [0, 0.05) is 30.6 Å². The second-order valence-electron chi connectivity index (χ2n) is 20.0. The van der Waals surface area contributed by atoms with Crippen LogP contribution in [-0.4, -0.2) is 48.6 Å². The van der Waals surface area contributed by atoms with Crippen LogP contribution in [0, 0.1) is 70.0 Å². The van der Waals surface area contributed by atoms with E-state index in [0.717, 1.165) is 50.0 Å². The Bertz CT molecular complexity index is 1340. The summed E-state index contributed by atoms with van der Waals surface area (Å²) in [5.74, 6) is 5.19. The van der Waals surface area contributed by atoms with Crippen LogP contribution in [0.2, 0.25) is 0 Å². The van der Waals surface area contributed by atoms with Crippen molar-refractivity contribution in [3.63, 3.8) is 0 Å². The Labute approximate surface area is 290 Å². The zero-order valence-electron chi connectivity index (χ0n) is 31.0. The van der Waals surface area contributed by atoms with Gasteiger partial charge in [-0.3, -0.25) is 0 Å². The topological polar surface area (TPSA) is 55.4 Å². The van der Waals surface area contributed by atoms with E-state index in [1.807, 2.05) is 0 Å². The molecule has 0 aromatic carbocycles. The van der Waals surface area contributed by atoms with Crippen LogP contribution in [0.25, 0.3) is 0 Å². The number of allylic oxidation sites excluding steroid dienone is 1. The number of ether oxygens (including phenoxy) is 6. The highest BCUT2D eigenvalue weighted by molar-refractivity contribution is 5.26. The van der Waals surface area contributed by atoms with Crippen molar-refractivity contribution in [2.24, 2.45) is 70.0 Å². The number of hydrogen-bond acceptors (Lipinski definition) is 6. The molecule has 268 valence electrons. The highest BCUT2D eigenvalue weighted by atomic mass is 16.9. The maximum absolute atomic E-state index is 7.06. The summed E-state index contributed by atoms with van der Waals surface area (Å²) in [5.41, 5.74) is 2.05. The number of rotatable bonds is 2. The Morgan fingerprint density at radius 1 is 0.812 bits per heavy atom. The lowest BCUT2D eigenvalue weighted by molar-refractivity contribution is -0.345. The fourth-order valence-corrected chi connectivity index (χ4v) is 15.2. The van der Waals surface area contributed by atoms with Crippen molar-refractivity contribution in [1.29, 1.82) is 0 Å². The highest BCUT2D eigenvalue weighted by Gasteiger charge is 2.72. The summed E-state index contributed by atoms with van der Waals surface area (Å²) in [6.45, 7) is 17.9. The Kier molecular flexibility index (Phi) is 7.08. The molecule has 0 radical (unpaired) electrons. The van der Waals surface area contributed by atoms with Crippen molar-refractivity contribution >= 4 is 0 Å². The average molecular weight is 665 g/mol. The molecular formula is C42H64O6. The van der Waals surface area contributed by atoms with E-state index in [2.05, 4.69) is 54.5 Å². The van der Waals surface area contributed by atoms with Crippen LogP contribution in [0.1, 0.15) is 132 Å². The van der Waals surface area contributed by atoms with E-state index in [4.69, 9.17) is 28.4 Å². The third-order valence-electron chi connectivity index (χ3n) is 17.8. The minimum atomic E-state index is -0.511. The van der Waals surface area contributed by atoms with Crippen molar-refractivity contribution in [3.8, 4) is 0 Å². The van der Waals surface area contributed by atoms with E-state index in [0.29, 0.717) is 58.4 Å². The second-order valence-corrected chi connectivity index (χ2v) is 20.0. The molecule has 9 fully saturated rings. The number of fused-ring (bicyclic) bond motifs is 8. The quantitative estimate of drug-likeness (QED) is 0.275. The summed E-state index contributed by atoms with van der Waals surface area (Å²) in [6, 6.07) is 0. The minimum absolute atomic E-state index is 0.215. The summed E-state index contributed by atoms with van der Waals surface area (Å²) in [5, 5.41) is 0. The Morgan fingerprint density at radius 2 is 1.65 bits per heavy atom. The Morgan fingerprint density at radius 3 is 2.46 bits per heavy atom. The molecule has 48 heavy (non-hydrogen) atoms. The minimum Gasteiger partial charge on any atom is -0.349 e. The molecule has 0 aromatic heterocycles. The first-order valence-corrected chi connectivity index (χ1v) is 20.6. The first-order chi connectivity index (χ1) is 22.9.